The SMILES string of the molecule is CC(NCC1(C)CCN(C)CC1)c1ccc(Br)cc1Br. The van der Waals surface area contributed by atoms with Gasteiger partial charge in [0.25, 0.3) is 0 Å². The molecule has 1 aliphatic rings. The predicted molar refractivity (Wildman–Crippen MR) is 93.1 cm³/mol. The smallest absolute Gasteiger partial charge is 0.0303 e. The highest BCUT2D eigenvalue weighted by Gasteiger charge is 2.29. The predicted octanol–water partition coefficient (Wildman–Crippen LogP) is 4.59. The highest BCUT2D eigenvalue weighted by molar-refractivity contribution is 9.11. The monoisotopic (exact) mass is 402 g/mol. The minimum absolute atomic E-state index is 0.369. The molecule has 4 heteroatoms. The van der Waals surface area contributed by atoms with Crippen molar-refractivity contribution < 1.29 is 0 Å². The zero-order valence-corrected chi connectivity index (χ0v) is 15.7. The molecule has 1 aliphatic heterocycles. The number of hydrogen-bond acceptors (Lipinski definition) is 2. The molecule has 20 heavy (non-hydrogen) atoms. The lowest BCUT2D eigenvalue weighted by molar-refractivity contribution is 0.134. The van der Waals surface area contributed by atoms with E-state index in [-0.39, 0.29) is 0 Å². The van der Waals surface area contributed by atoms with Gasteiger partial charge in [0.15, 0.2) is 0 Å². The molecular weight excluding hydrogens is 380 g/mol. The molecule has 0 aliphatic carbocycles. The van der Waals surface area contributed by atoms with E-state index < -0.39 is 0 Å². The molecule has 112 valence electrons. The number of nitrogens with one attached hydrogen (secondary N) is 1. The molecule has 1 N–H and O–H groups in total. The van der Waals surface area contributed by atoms with Crippen molar-refractivity contribution in [2.24, 2.45) is 5.41 Å². The maximum atomic E-state index is 3.72. The molecule has 1 aromatic rings. The summed E-state index contributed by atoms with van der Waals surface area (Å²) in [5.74, 6) is 0. The van der Waals surface area contributed by atoms with Gasteiger partial charge in [-0.05, 0) is 63.0 Å². The lowest BCUT2D eigenvalue weighted by Gasteiger charge is -2.38. The van der Waals surface area contributed by atoms with Crippen molar-refractivity contribution >= 4 is 31.9 Å². The summed E-state index contributed by atoms with van der Waals surface area (Å²) in [6.45, 7) is 8.18. The largest absolute Gasteiger partial charge is 0.310 e. The van der Waals surface area contributed by atoms with Crippen LogP contribution in [0, 0.1) is 5.41 Å². The Morgan fingerprint density at radius 3 is 2.55 bits per heavy atom. The van der Waals surface area contributed by atoms with E-state index in [1.807, 2.05) is 0 Å². The zero-order valence-electron chi connectivity index (χ0n) is 12.5. The van der Waals surface area contributed by atoms with Gasteiger partial charge >= 0.3 is 0 Å². The van der Waals surface area contributed by atoms with E-state index in [9.17, 15) is 0 Å². The van der Waals surface area contributed by atoms with Crippen molar-refractivity contribution in [2.75, 3.05) is 26.7 Å². The Morgan fingerprint density at radius 2 is 1.95 bits per heavy atom. The number of halogens is 2. The Balaban J connectivity index is 1.93. The second-order valence-corrected chi connectivity index (χ2v) is 8.15. The Kier molecular flexibility index (Phi) is 5.69. The summed E-state index contributed by atoms with van der Waals surface area (Å²) in [6.07, 6.45) is 2.56. The summed E-state index contributed by atoms with van der Waals surface area (Å²) in [5.41, 5.74) is 1.76. The van der Waals surface area contributed by atoms with E-state index in [0.29, 0.717) is 11.5 Å². The molecule has 1 unspecified atom stereocenters. The molecule has 2 nitrogen and oxygen atoms in total. The van der Waals surface area contributed by atoms with Crippen LogP contribution >= 0.6 is 31.9 Å². The standard InChI is InChI=1S/C16H24Br2N2/c1-12(14-5-4-13(17)10-15(14)18)19-11-16(2)6-8-20(3)9-7-16/h4-5,10,12,19H,6-9,11H2,1-3H3. The van der Waals surface area contributed by atoms with Crippen molar-refractivity contribution in [1.29, 1.82) is 0 Å². The summed E-state index contributed by atoms with van der Waals surface area (Å²) < 4.78 is 2.28. The molecule has 2 rings (SSSR count). The van der Waals surface area contributed by atoms with Crippen LogP contribution in [0.5, 0.6) is 0 Å². The van der Waals surface area contributed by atoms with Crippen molar-refractivity contribution in [3.05, 3.63) is 32.7 Å². The van der Waals surface area contributed by atoms with Gasteiger partial charge in [-0.2, -0.15) is 0 Å². The third kappa shape index (κ3) is 4.30. The number of benzene rings is 1. The second kappa shape index (κ2) is 6.91. The normalized spacial score (nSPS) is 20.9. The highest BCUT2D eigenvalue weighted by atomic mass is 79.9. The zero-order chi connectivity index (χ0) is 14.8. The Bertz CT molecular complexity index is 454. The van der Waals surface area contributed by atoms with Gasteiger partial charge in [0.1, 0.15) is 0 Å². The van der Waals surface area contributed by atoms with Gasteiger partial charge in [0.2, 0.25) is 0 Å². The van der Waals surface area contributed by atoms with E-state index >= 15 is 0 Å². The van der Waals surface area contributed by atoms with Crippen LogP contribution in [0.15, 0.2) is 27.1 Å². The Labute approximate surface area is 139 Å². The van der Waals surface area contributed by atoms with Crippen LogP contribution in [-0.4, -0.2) is 31.6 Å². The van der Waals surface area contributed by atoms with Crippen molar-refractivity contribution in [3.8, 4) is 0 Å². The summed E-state index contributed by atoms with van der Waals surface area (Å²) in [7, 11) is 2.22. The van der Waals surface area contributed by atoms with E-state index in [0.717, 1.165) is 11.0 Å². The van der Waals surface area contributed by atoms with Crippen molar-refractivity contribution in [2.45, 2.75) is 32.7 Å². The lowest BCUT2D eigenvalue weighted by atomic mass is 9.80. The molecule has 1 atom stereocenters. The fraction of sp³-hybridized carbons (Fsp3) is 0.625. The molecule has 0 amide bonds. The first-order valence-corrected chi connectivity index (χ1v) is 8.85. The molecule has 1 fully saturated rings. The number of likely N-dealkylation sites (tertiary alicyclic amines) is 1. The molecule has 1 aromatic carbocycles. The average Bonchev–Trinajstić information content (AvgIpc) is 2.40. The van der Waals surface area contributed by atoms with E-state index in [2.05, 4.69) is 81.2 Å². The third-order valence-corrected chi connectivity index (χ3v) is 5.64. The van der Waals surface area contributed by atoms with Crippen LogP contribution in [0.3, 0.4) is 0 Å². The van der Waals surface area contributed by atoms with Gasteiger partial charge < -0.3 is 10.2 Å². The molecule has 1 heterocycles. The van der Waals surface area contributed by atoms with E-state index in [1.165, 1.54) is 36.0 Å². The van der Waals surface area contributed by atoms with Crippen LogP contribution in [0.1, 0.15) is 38.3 Å². The second-order valence-electron chi connectivity index (χ2n) is 6.38. The van der Waals surface area contributed by atoms with Gasteiger partial charge in [-0.15, -0.1) is 0 Å². The molecule has 0 bridgehead atoms. The first-order chi connectivity index (χ1) is 9.39. The van der Waals surface area contributed by atoms with Crippen LogP contribution in [-0.2, 0) is 0 Å². The average molecular weight is 404 g/mol. The molecular formula is C16H24Br2N2. The van der Waals surface area contributed by atoms with Gasteiger partial charge in [-0.25, -0.2) is 0 Å². The number of nitrogens with zero attached hydrogens (tertiary/aromatic N) is 1. The van der Waals surface area contributed by atoms with Gasteiger partial charge in [-0.1, -0.05) is 44.8 Å². The Hall–Kier alpha value is 0.1000. The maximum absolute atomic E-state index is 3.72. The van der Waals surface area contributed by atoms with Gasteiger partial charge in [0, 0.05) is 21.5 Å². The van der Waals surface area contributed by atoms with Gasteiger partial charge in [0.05, 0.1) is 0 Å². The molecule has 0 aromatic heterocycles. The van der Waals surface area contributed by atoms with Gasteiger partial charge in [-0.3, -0.25) is 0 Å². The minimum atomic E-state index is 0.369. The van der Waals surface area contributed by atoms with Crippen molar-refractivity contribution in [1.82, 2.24) is 10.2 Å². The summed E-state index contributed by atoms with van der Waals surface area (Å²) >= 11 is 7.16. The molecule has 0 saturated carbocycles. The number of rotatable bonds is 4. The summed E-state index contributed by atoms with van der Waals surface area (Å²) in [5, 5.41) is 3.72. The van der Waals surface area contributed by atoms with Crippen LogP contribution in [0.2, 0.25) is 0 Å². The number of hydrogen-bond donors (Lipinski definition) is 1. The summed E-state index contributed by atoms with van der Waals surface area (Å²) in [4.78, 5) is 2.43. The van der Waals surface area contributed by atoms with E-state index in [4.69, 9.17) is 0 Å². The van der Waals surface area contributed by atoms with Crippen LogP contribution in [0.4, 0.5) is 0 Å². The first kappa shape index (κ1) is 16.5. The fourth-order valence-electron chi connectivity index (χ4n) is 2.70. The molecule has 0 radical (unpaired) electrons. The highest BCUT2D eigenvalue weighted by Crippen LogP contribution is 2.31. The molecule has 1 saturated heterocycles. The fourth-order valence-corrected chi connectivity index (χ4v) is 4.09. The number of piperidine rings is 1. The minimum Gasteiger partial charge on any atom is -0.310 e. The van der Waals surface area contributed by atoms with Crippen LogP contribution in [0.25, 0.3) is 0 Å². The third-order valence-electron chi connectivity index (χ3n) is 4.46. The van der Waals surface area contributed by atoms with E-state index in [1.54, 1.807) is 0 Å². The lowest BCUT2D eigenvalue weighted by Crippen LogP contribution is -2.42. The van der Waals surface area contributed by atoms with Crippen LogP contribution < -0.4 is 5.32 Å². The molecule has 0 spiro atoms. The maximum Gasteiger partial charge on any atom is 0.0303 e. The Morgan fingerprint density at radius 1 is 1.30 bits per heavy atom. The summed E-state index contributed by atoms with van der Waals surface area (Å²) in [6, 6.07) is 6.78. The first-order valence-electron chi connectivity index (χ1n) is 7.26. The quantitative estimate of drug-likeness (QED) is 0.790. The topological polar surface area (TPSA) is 15.3 Å². The van der Waals surface area contributed by atoms with Crippen molar-refractivity contribution in [3.63, 3.8) is 0 Å².